The van der Waals surface area contributed by atoms with Crippen LogP contribution < -0.4 is 0 Å². The Labute approximate surface area is 115 Å². The van der Waals surface area contributed by atoms with Crippen LogP contribution in [-0.2, 0) is 9.59 Å². The van der Waals surface area contributed by atoms with Gasteiger partial charge in [-0.25, -0.2) is 0 Å². The number of Topliss-reactive ketones (excluding diaryl/α,β-unsaturated/α-hetero) is 1. The molecule has 5 fully saturated rings. The van der Waals surface area contributed by atoms with Crippen molar-refractivity contribution in [2.45, 2.75) is 11.2 Å². The Kier molecular flexibility index (Phi) is 2.04. The van der Waals surface area contributed by atoms with Crippen molar-refractivity contribution in [3.63, 3.8) is 0 Å². The van der Waals surface area contributed by atoms with E-state index in [9.17, 15) is 9.59 Å². The molecule has 3 nitrogen and oxygen atoms in total. The van der Waals surface area contributed by atoms with E-state index in [0.29, 0.717) is 34.9 Å². The van der Waals surface area contributed by atoms with Gasteiger partial charge in [0.2, 0.25) is 5.91 Å². The van der Waals surface area contributed by atoms with Crippen molar-refractivity contribution < 1.29 is 9.59 Å². The van der Waals surface area contributed by atoms with Gasteiger partial charge in [-0.05, 0) is 24.2 Å². The number of hydrogen-bond donors (Lipinski definition) is 0. The molecule has 7 atom stereocenters. The lowest BCUT2D eigenvalue weighted by atomic mass is 9.76. The molecular weight excluding hydrogens is 294 g/mol. The summed E-state index contributed by atoms with van der Waals surface area (Å²) in [6.45, 7) is 4.78. The Balaban J connectivity index is 1.88. The third-order valence-electron chi connectivity index (χ3n) is 5.72. The predicted molar refractivity (Wildman–Crippen MR) is 70.1 cm³/mol. The SMILES string of the molecule is C=C1C2CC3C1C(=O)C1CN(C)C(=O)C1C2C3Br. The second-order valence-electron chi connectivity index (χ2n) is 6.33. The fraction of sp³-hybridized carbons (Fsp3) is 0.714. The first-order valence-corrected chi connectivity index (χ1v) is 7.55. The second kappa shape index (κ2) is 3.27. The Morgan fingerprint density at radius 1 is 1.33 bits per heavy atom. The number of carbonyl (C=O) groups excluding carboxylic acids is 2. The van der Waals surface area contributed by atoms with Gasteiger partial charge in [0.1, 0.15) is 5.78 Å². The third-order valence-corrected chi connectivity index (χ3v) is 7.01. The van der Waals surface area contributed by atoms with Crippen LogP contribution in [0.4, 0.5) is 0 Å². The smallest absolute Gasteiger partial charge is 0.226 e. The summed E-state index contributed by atoms with van der Waals surface area (Å²) in [5, 5.41) is 0. The molecule has 0 aromatic heterocycles. The standard InChI is InChI=1S/C14H16BrNO2/c1-5-6-3-7-9(5)13(17)8-4-16(2)14(18)11(8)10(6)12(7)15/h6-12H,1,3-4H2,2H3. The number of hydrogen-bond acceptors (Lipinski definition) is 2. The zero-order valence-electron chi connectivity index (χ0n) is 10.3. The van der Waals surface area contributed by atoms with Crippen LogP contribution in [0.15, 0.2) is 12.2 Å². The van der Waals surface area contributed by atoms with Crippen LogP contribution in [0.25, 0.3) is 0 Å². The van der Waals surface area contributed by atoms with Gasteiger partial charge in [-0.1, -0.05) is 28.1 Å². The molecule has 0 aromatic rings. The zero-order chi connectivity index (χ0) is 12.8. The van der Waals surface area contributed by atoms with Crippen LogP contribution in [0.3, 0.4) is 0 Å². The molecule has 0 aromatic carbocycles. The molecule has 18 heavy (non-hydrogen) atoms. The number of ketones is 1. The summed E-state index contributed by atoms with van der Waals surface area (Å²) in [6.07, 6.45) is 1.05. The lowest BCUT2D eigenvalue weighted by molar-refractivity contribution is -0.133. The van der Waals surface area contributed by atoms with Crippen molar-refractivity contribution in [3.05, 3.63) is 12.2 Å². The maximum absolute atomic E-state index is 12.7. The van der Waals surface area contributed by atoms with E-state index in [1.807, 2.05) is 7.05 Å². The van der Waals surface area contributed by atoms with Crippen LogP contribution in [-0.4, -0.2) is 35.0 Å². The van der Waals surface area contributed by atoms with Gasteiger partial charge in [0.05, 0.1) is 5.92 Å². The summed E-state index contributed by atoms with van der Waals surface area (Å²) < 4.78 is 0. The van der Waals surface area contributed by atoms with E-state index < -0.39 is 0 Å². The lowest BCUT2D eigenvalue weighted by Gasteiger charge is -2.32. The van der Waals surface area contributed by atoms with Gasteiger partial charge in [-0.15, -0.1) is 0 Å². The van der Waals surface area contributed by atoms with Crippen molar-refractivity contribution >= 4 is 27.6 Å². The predicted octanol–water partition coefficient (Wildman–Crippen LogP) is 1.48. The van der Waals surface area contributed by atoms with E-state index in [2.05, 4.69) is 22.5 Å². The number of likely N-dealkylation sites (tertiary alicyclic amines) is 1. The summed E-state index contributed by atoms with van der Waals surface area (Å²) in [4.78, 5) is 27.1. The second-order valence-corrected chi connectivity index (χ2v) is 7.39. The average Bonchev–Trinajstić information content (AvgIpc) is 2.87. The van der Waals surface area contributed by atoms with Crippen molar-refractivity contribution in [1.29, 1.82) is 0 Å². The van der Waals surface area contributed by atoms with Crippen molar-refractivity contribution in [2.24, 2.45) is 35.5 Å². The fourth-order valence-electron chi connectivity index (χ4n) is 5.01. The molecule has 5 aliphatic rings. The highest BCUT2D eigenvalue weighted by atomic mass is 79.9. The molecule has 1 aliphatic heterocycles. The average molecular weight is 310 g/mol. The monoisotopic (exact) mass is 309 g/mol. The van der Waals surface area contributed by atoms with Gasteiger partial charge < -0.3 is 4.90 Å². The first-order valence-electron chi connectivity index (χ1n) is 6.64. The molecule has 0 N–H and O–H groups in total. The van der Waals surface area contributed by atoms with Crippen molar-refractivity contribution in [1.82, 2.24) is 4.90 Å². The van der Waals surface area contributed by atoms with Gasteiger partial charge >= 0.3 is 0 Å². The number of halogens is 1. The van der Waals surface area contributed by atoms with Gasteiger partial charge in [-0.3, -0.25) is 9.59 Å². The molecule has 5 rings (SSSR count). The Hall–Kier alpha value is -0.640. The number of rotatable bonds is 0. The molecule has 4 bridgehead atoms. The van der Waals surface area contributed by atoms with E-state index in [-0.39, 0.29) is 23.7 Å². The molecule has 0 radical (unpaired) electrons. The van der Waals surface area contributed by atoms with Crippen LogP contribution in [0, 0.1) is 35.5 Å². The van der Waals surface area contributed by atoms with Crippen LogP contribution in [0.2, 0.25) is 0 Å². The van der Waals surface area contributed by atoms with E-state index in [4.69, 9.17) is 0 Å². The maximum Gasteiger partial charge on any atom is 0.226 e. The molecule has 1 heterocycles. The summed E-state index contributed by atoms with van der Waals surface area (Å²) >= 11 is 3.78. The number of carbonyl (C=O) groups is 2. The van der Waals surface area contributed by atoms with Gasteiger partial charge in [-0.2, -0.15) is 0 Å². The van der Waals surface area contributed by atoms with Crippen molar-refractivity contribution in [3.8, 4) is 0 Å². The van der Waals surface area contributed by atoms with Gasteiger partial charge in [0.15, 0.2) is 0 Å². The highest BCUT2D eigenvalue weighted by Crippen LogP contribution is 2.64. The van der Waals surface area contributed by atoms with Crippen LogP contribution in [0.1, 0.15) is 6.42 Å². The molecule has 4 saturated carbocycles. The van der Waals surface area contributed by atoms with Gasteiger partial charge in [0, 0.05) is 30.3 Å². The largest absolute Gasteiger partial charge is 0.345 e. The quantitative estimate of drug-likeness (QED) is 0.502. The minimum atomic E-state index is -0.0916. The molecule has 7 unspecified atom stereocenters. The minimum absolute atomic E-state index is 0.0184. The molecule has 96 valence electrons. The first-order chi connectivity index (χ1) is 8.52. The zero-order valence-corrected chi connectivity index (χ0v) is 11.9. The van der Waals surface area contributed by atoms with Gasteiger partial charge in [0.25, 0.3) is 0 Å². The molecule has 4 heteroatoms. The Bertz CT molecular complexity index is 488. The third kappa shape index (κ3) is 1.03. The summed E-state index contributed by atoms with van der Waals surface area (Å²) in [7, 11) is 1.82. The first kappa shape index (κ1) is 11.2. The molecular formula is C14H16BrNO2. The summed E-state index contributed by atoms with van der Waals surface area (Å²) in [5.41, 5.74) is 1.12. The van der Waals surface area contributed by atoms with E-state index >= 15 is 0 Å². The minimum Gasteiger partial charge on any atom is -0.345 e. The number of allylic oxidation sites excluding steroid dienone is 1. The lowest BCUT2D eigenvalue weighted by Crippen LogP contribution is -2.36. The Morgan fingerprint density at radius 3 is 2.78 bits per heavy atom. The molecule has 1 amide bonds. The van der Waals surface area contributed by atoms with Crippen molar-refractivity contribution in [2.75, 3.05) is 13.6 Å². The highest BCUT2D eigenvalue weighted by molar-refractivity contribution is 9.09. The molecule has 1 saturated heterocycles. The summed E-state index contributed by atoms with van der Waals surface area (Å²) in [5.74, 6) is 1.39. The number of amides is 1. The topological polar surface area (TPSA) is 37.4 Å². The van der Waals surface area contributed by atoms with E-state index in [1.165, 1.54) is 0 Å². The number of nitrogens with zero attached hydrogens (tertiary/aromatic N) is 1. The fourth-order valence-corrected chi connectivity index (χ4v) is 6.23. The van der Waals surface area contributed by atoms with E-state index in [0.717, 1.165) is 12.0 Å². The summed E-state index contributed by atoms with van der Waals surface area (Å²) in [6, 6.07) is 0. The molecule has 0 spiro atoms. The van der Waals surface area contributed by atoms with Crippen LogP contribution in [0.5, 0.6) is 0 Å². The number of alkyl halides is 1. The highest BCUT2D eigenvalue weighted by Gasteiger charge is 2.66. The normalized spacial score (nSPS) is 53.3. The Morgan fingerprint density at radius 2 is 2.06 bits per heavy atom. The maximum atomic E-state index is 12.7. The van der Waals surface area contributed by atoms with Crippen LogP contribution >= 0.6 is 15.9 Å². The molecule has 4 aliphatic carbocycles. The van der Waals surface area contributed by atoms with E-state index in [1.54, 1.807) is 4.90 Å².